The number of nitrogen functional groups attached to an aromatic ring is 1. The van der Waals surface area contributed by atoms with E-state index in [0.717, 1.165) is 45.7 Å². The molecule has 2 heterocycles. The van der Waals surface area contributed by atoms with Crippen LogP contribution in [0.2, 0.25) is 0 Å². The topological polar surface area (TPSA) is 117 Å². The van der Waals surface area contributed by atoms with Gasteiger partial charge in [-0.15, -0.1) is 11.3 Å². The highest BCUT2D eigenvalue weighted by Crippen LogP contribution is 2.25. The Kier molecular flexibility index (Phi) is 9.48. The molecule has 2 aromatic heterocycles. The number of rotatable bonds is 13. The van der Waals surface area contributed by atoms with Crippen molar-refractivity contribution < 1.29 is 9.90 Å². The van der Waals surface area contributed by atoms with Gasteiger partial charge in [0.15, 0.2) is 5.13 Å². The zero-order valence-corrected chi connectivity index (χ0v) is 25.3. The van der Waals surface area contributed by atoms with Gasteiger partial charge in [-0.05, 0) is 86.3 Å². The summed E-state index contributed by atoms with van der Waals surface area (Å²) in [6.45, 7) is 5.57. The predicted molar refractivity (Wildman–Crippen MR) is 175 cm³/mol. The summed E-state index contributed by atoms with van der Waals surface area (Å²) in [4.78, 5) is 17.7. The number of nitrogens with one attached hydrogen (secondary N) is 3. The van der Waals surface area contributed by atoms with E-state index in [9.17, 15) is 9.90 Å². The third kappa shape index (κ3) is 8.13. The fourth-order valence-electron chi connectivity index (χ4n) is 4.64. The van der Waals surface area contributed by atoms with E-state index in [1.807, 2.05) is 60.7 Å². The minimum absolute atomic E-state index is 0.122. The Bertz CT molecular complexity index is 1630. The lowest BCUT2D eigenvalue weighted by atomic mass is 9.99. The zero-order chi connectivity index (χ0) is 29.5. The number of nitrogens with zero attached hydrogens (tertiary/aromatic N) is 2. The summed E-state index contributed by atoms with van der Waals surface area (Å²) in [5.41, 5.74) is 9.82. The molecular formula is C32H36N6O2S2. The lowest BCUT2D eigenvalue weighted by molar-refractivity contribution is -0.115. The van der Waals surface area contributed by atoms with E-state index in [2.05, 4.69) is 63.2 Å². The fourth-order valence-corrected chi connectivity index (χ4v) is 5.86. The maximum absolute atomic E-state index is 12.4. The first-order chi connectivity index (χ1) is 20.2. The zero-order valence-electron chi connectivity index (χ0n) is 23.7. The smallest absolute Gasteiger partial charge is 0.230 e. The van der Waals surface area contributed by atoms with E-state index >= 15 is 0 Å². The molecule has 0 aliphatic rings. The molecule has 0 saturated carbocycles. The fraction of sp³-hybridized carbons (Fsp3) is 0.250. The summed E-state index contributed by atoms with van der Waals surface area (Å²) in [7, 11) is 0. The minimum Gasteiger partial charge on any atom is -0.387 e. The summed E-state index contributed by atoms with van der Waals surface area (Å²) in [6, 6.07) is 26.0. The van der Waals surface area contributed by atoms with Gasteiger partial charge in [-0.25, -0.2) is 4.98 Å². The molecular weight excluding hydrogens is 565 g/mol. The summed E-state index contributed by atoms with van der Waals surface area (Å²) < 4.78 is 5.58. The van der Waals surface area contributed by atoms with Gasteiger partial charge in [0, 0.05) is 57.4 Å². The van der Waals surface area contributed by atoms with Gasteiger partial charge in [0.1, 0.15) is 0 Å². The van der Waals surface area contributed by atoms with Crippen molar-refractivity contribution in [1.82, 2.24) is 14.9 Å². The predicted octanol–water partition coefficient (Wildman–Crippen LogP) is 6.47. The summed E-state index contributed by atoms with van der Waals surface area (Å²) >= 11 is 2.88. The SMILES string of the molecule is CC(C)(CCn1ccc2cc(NC(=O)Cc3csc(N)n3)ccc21)NCC(O)c1cccc(NSc2ccccc2)c1. The lowest BCUT2D eigenvalue weighted by Gasteiger charge is -2.28. The summed E-state index contributed by atoms with van der Waals surface area (Å²) in [6.07, 6.45) is 2.51. The van der Waals surface area contributed by atoms with Gasteiger partial charge in [0.25, 0.3) is 0 Å². The average molecular weight is 601 g/mol. The molecule has 0 aliphatic heterocycles. The number of hydrogen-bond donors (Lipinski definition) is 5. The Hall–Kier alpha value is -3.83. The standard InChI is InChI=1S/C32H36N6O2S2/c1-32(2,34-20-29(39)23-7-6-8-25(18-23)37-42-27-9-4-3-5-10-27)14-16-38-15-13-22-17-24(11-12-28(22)38)35-30(40)19-26-21-41-31(33)36-26/h3-13,15,17-18,21,29,34,37,39H,14,16,19-20H2,1-2H3,(H2,33,36)(H,35,40). The Morgan fingerprint density at radius 2 is 1.90 bits per heavy atom. The third-order valence-corrected chi connectivity index (χ3v) is 8.59. The van der Waals surface area contributed by atoms with Crippen LogP contribution in [0.25, 0.3) is 10.9 Å². The number of aliphatic hydroxyl groups is 1. The highest BCUT2D eigenvalue weighted by molar-refractivity contribution is 8.00. The Morgan fingerprint density at radius 3 is 2.69 bits per heavy atom. The number of aromatic nitrogens is 2. The molecule has 218 valence electrons. The molecule has 5 rings (SSSR count). The number of hydrogen-bond acceptors (Lipinski definition) is 8. The number of β-amino-alcohol motifs (C(OH)–C–C–N with tert-alkyl or cyclic N) is 1. The van der Waals surface area contributed by atoms with Crippen molar-refractivity contribution in [3.63, 3.8) is 0 Å². The monoisotopic (exact) mass is 600 g/mol. The molecule has 1 unspecified atom stereocenters. The Labute approximate surface area is 254 Å². The van der Waals surface area contributed by atoms with Gasteiger partial charge in [-0.2, -0.15) is 0 Å². The first-order valence-corrected chi connectivity index (χ1v) is 15.5. The van der Waals surface area contributed by atoms with Crippen molar-refractivity contribution in [2.75, 3.05) is 22.3 Å². The van der Waals surface area contributed by atoms with Crippen LogP contribution in [0.5, 0.6) is 0 Å². The number of aryl methyl sites for hydroxylation is 1. The van der Waals surface area contributed by atoms with Crippen LogP contribution in [0.4, 0.5) is 16.5 Å². The average Bonchev–Trinajstić information content (AvgIpc) is 3.59. The quantitative estimate of drug-likeness (QED) is 0.0983. The van der Waals surface area contributed by atoms with E-state index in [1.54, 1.807) is 17.3 Å². The van der Waals surface area contributed by atoms with E-state index in [-0.39, 0.29) is 17.9 Å². The summed E-state index contributed by atoms with van der Waals surface area (Å²) in [5, 5.41) is 20.7. The van der Waals surface area contributed by atoms with Gasteiger partial charge >= 0.3 is 0 Å². The second kappa shape index (κ2) is 13.4. The van der Waals surface area contributed by atoms with Gasteiger partial charge in [0.2, 0.25) is 5.91 Å². The molecule has 1 atom stereocenters. The molecule has 3 aromatic carbocycles. The van der Waals surface area contributed by atoms with Crippen LogP contribution in [-0.2, 0) is 17.8 Å². The maximum Gasteiger partial charge on any atom is 0.230 e. The van der Waals surface area contributed by atoms with Crippen molar-refractivity contribution in [3.05, 3.63) is 102 Å². The van der Waals surface area contributed by atoms with Crippen LogP contribution in [0.1, 0.15) is 37.6 Å². The van der Waals surface area contributed by atoms with Crippen LogP contribution in [0.15, 0.2) is 95.3 Å². The molecule has 6 N–H and O–H groups in total. The van der Waals surface area contributed by atoms with Crippen molar-refractivity contribution in [2.24, 2.45) is 0 Å². The third-order valence-electron chi connectivity index (χ3n) is 7.02. The number of carbonyl (C=O) groups excluding carboxylic acids is 1. The van der Waals surface area contributed by atoms with E-state index in [0.29, 0.717) is 17.4 Å². The van der Waals surface area contributed by atoms with Gasteiger partial charge in [-0.3, -0.25) is 4.79 Å². The van der Waals surface area contributed by atoms with Gasteiger partial charge in [-0.1, -0.05) is 30.3 Å². The number of nitrogens with two attached hydrogens (primary N) is 1. The van der Waals surface area contributed by atoms with Crippen LogP contribution in [0.3, 0.4) is 0 Å². The number of benzene rings is 3. The number of anilines is 3. The first-order valence-electron chi connectivity index (χ1n) is 13.8. The van der Waals surface area contributed by atoms with E-state index < -0.39 is 6.10 Å². The Morgan fingerprint density at radius 1 is 1.07 bits per heavy atom. The molecule has 1 amide bonds. The molecule has 0 saturated heterocycles. The normalized spacial score (nSPS) is 12.4. The molecule has 10 heteroatoms. The second-order valence-corrected chi connectivity index (χ2v) is 12.6. The molecule has 0 aliphatic carbocycles. The number of amides is 1. The molecule has 0 fully saturated rings. The minimum atomic E-state index is -0.623. The highest BCUT2D eigenvalue weighted by atomic mass is 32.2. The maximum atomic E-state index is 12.4. The molecule has 8 nitrogen and oxygen atoms in total. The van der Waals surface area contributed by atoms with Crippen LogP contribution < -0.4 is 21.1 Å². The number of fused-ring (bicyclic) bond motifs is 1. The molecule has 0 spiro atoms. The number of carbonyl (C=O) groups is 1. The van der Waals surface area contributed by atoms with Crippen LogP contribution >= 0.6 is 23.3 Å². The highest BCUT2D eigenvalue weighted by Gasteiger charge is 2.20. The molecule has 5 aromatic rings. The van der Waals surface area contributed by atoms with Crippen LogP contribution in [0, 0.1) is 0 Å². The summed E-state index contributed by atoms with van der Waals surface area (Å²) in [5.74, 6) is -0.122. The molecule has 0 bridgehead atoms. The molecule has 42 heavy (non-hydrogen) atoms. The van der Waals surface area contributed by atoms with E-state index in [4.69, 9.17) is 5.73 Å². The Balaban J connectivity index is 1.11. The van der Waals surface area contributed by atoms with Gasteiger partial charge < -0.3 is 30.8 Å². The van der Waals surface area contributed by atoms with Crippen LogP contribution in [-0.4, -0.2) is 32.6 Å². The number of thiazole rings is 1. The molecule has 0 radical (unpaired) electrons. The lowest BCUT2D eigenvalue weighted by Crippen LogP contribution is -2.42. The first kappa shape index (κ1) is 29.7. The van der Waals surface area contributed by atoms with E-state index in [1.165, 1.54) is 11.3 Å². The van der Waals surface area contributed by atoms with Crippen molar-refractivity contribution in [2.45, 2.75) is 49.8 Å². The van der Waals surface area contributed by atoms with Crippen molar-refractivity contribution >= 4 is 56.6 Å². The second-order valence-electron chi connectivity index (χ2n) is 10.9. The van der Waals surface area contributed by atoms with Crippen molar-refractivity contribution in [3.8, 4) is 0 Å². The van der Waals surface area contributed by atoms with Crippen molar-refractivity contribution in [1.29, 1.82) is 0 Å². The van der Waals surface area contributed by atoms with Gasteiger partial charge in [0.05, 0.1) is 18.2 Å². The number of aliphatic hydroxyl groups excluding tert-OH is 1. The largest absolute Gasteiger partial charge is 0.387 e.